The minimum Gasteiger partial charge on any atom is -0.493 e. The maximum Gasteiger partial charge on any atom is 0.322 e. The molecule has 2 fully saturated rings. The van der Waals surface area contributed by atoms with E-state index in [0.717, 1.165) is 6.42 Å². The van der Waals surface area contributed by atoms with Crippen LogP contribution in [0.2, 0.25) is 5.02 Å². The number of ether oxygens (including phenoxy) is 2. The summed E-state index contributed by atoms with van der Waals surface area (Å²) in [5.41, 5.74) is -0.530. The molecular formula is C18H22ClN3O5. The third-order valence-electron chi connectivity index (χ3n) is 4.85. The monoisotopic (exact) mass is 395 g/mol. The van der Waals surface area contributed by atoms with Crippen LogP contribution in [-0.2, 0) is 4.79 Å². The van der Waals surface area contributed by atoms with Crippen molar-refractivity contribution in [2.75, 3.05) is 26.8 Å². The van der Waals surface area contributed by atoms with Crippen molar-refractivity contribution in [3.63, 3.8) is 0 Å². The van der Waals surface area contributed by atoms with Crippen molar-refractivity contribution in [3.8, 4) is 11.5 Å². The third kappa shape index (κ3) is 3.66. The number of likely N-dealkylation sites (tertiary alicyclic amines) is 1. The third-order valence-corrected chi connectivity index (χ3v) is 5.13. The second-order valence-corrected chi connectivity index (χ2v) is 7.03. The molecule has 0 aliphatic carbocycles. The van der Waals surface area contributed by atoms with E-state index >= 15 is 0 Å². The Morgan fingerprint density at radius 1 is 1.30 bits per heavy atom. The Bertz CT molecular complexity index is 775. The fraction of sp³-hybridized carbons (Fsp3) is 0.500. The van der Waals surface area contributed by atoms with Crippen LogP contribution in [0.25, 0.3) is 0 Å². The van der Waals surface area contributed by atoms with Gasteiger partial charge in [-0.1, -0.05) is 18.5 Å². The lowest BCUT2D eigenvalue weighted by molar-refractivity contribution is -0.125. The summed E-state index contributed by atoms with van der Waals surface area (Å²) >= 11 is 6.29. The van der Waals surface area contributed by atoms with Gasteiger partial charge in [0, 0.05) is 18.7 Å². The number of piperidine rings is 1. The number of imide groups is 1. The molecule has 0 bridgehead atoms. The first-order chi connectivity index (χ1) is 12.9. The summed E-state index contributed by atoms with van der Waals surface area (Å²) in [6.45, 7) is 3.17. The lowest BCUT2D eigenvalue weighted by Crippen LogP contribution is -2.55. The fourth-order valence-corrected chi connectivity index (χ4v) is 3.61. The maximum absolute atomic E-state index is 12.9. The summed E-state index contributed by atoms with van der Waals surface area (Å²) in [4.78, 5) is 37.9. The molecule has 1 aromatic rings. The Hall–Kier alpha value is -2.48. The van der Waals surface area contributed by atoms with E-state index in [1.807, 2.05) is 6.92 Å². The lowest BCUT2D eigenvalue weighted by atomic mass is 9.87. The van der Waals surface area contributed by atoms with E-state index in [1.165, 1.54) is 7.11 Å². The zero-order chi connectivity index (χ0) is 19.6. The highest BCUT2D eigenvalue weighted by Gasteiger charge is 2.48. The molecule has 2 aliphatic heterocycles. The second kappa shape index (κ2) is 7.64. The molecule has 2 saturated heterocycles. The van der Waals surface area contributed by atoms with Crippen molar-refractivity contribution in [3.05, 3.63) is 22.7 Å². The van der Waals surface area contributed by atoms with Crippen LogP contribution < -0.4 is 20.1 Å². The van der Waals surface area contributed by atoms with Gasteiger partial charge in [0.05, 0.1) is 18.7 Å². The van der Waals surface area contributed by atoms with Crippen molar-refractivity contribution >= 4 is 29.4 Å². The lowest BCUT2D eigenvalue weighted by Gasteiger charge is -2.37. The number of carbonyl (C=O) groups is 3. The quantitative estimate of drug-likeness (QED) is 0.743. The minimum absolute atomic E-state index is 0.211. The van der Waals surface area contributed by atoms with Gasteiger partial charge in [0.15, 0.2) is 11.5 Å². The fourth-order valence-electron chi connectivity index (χ4n) is 3.34. The topological polar surface area (TPSA) is 97.0 Å². The van der Waals surface area contributed by atoms with Crippen molar-refractivity contribution in [1.29, 1.82) is 0 Å². The molecule has 0 radical (unpaired) electrons. The van der Waals surface area contributed by atoms with Crippen molar-refractivity contribution in [2.24, 2.45) is 0 Å². The van der Waals surface area contributed by atoms with Crippen LogP contribution in [0.1, 0.15) is 36.5 Å². The van der Waals surface area contributed by atoms with Crippen LogP contribution in [0.5, 0.6) is 11.5 Å². The summed E-state index contributed by atoms with van der Waals surface area (Å²) in [5, 5.41) is 5.24. The van der Waals surface area contributed by atoms with Gasteiger partial charge >= 0.3 is 6.03 Å². The highest BCUT2D eigenvalue weighted by atomic mass is 35.5. The highest BCUT2D eigenvalue weighted by Crippen LogP contribution is 2.37. The number of nitrogens with one attached hydrogen (secondary N) is 2. The number of halogens is 1. The normalized spacial score (nSPS) is 18.3. The first kappa shape index (κ1) is 19.3. The van der Waals surface area contributed by atoms with Gasteiger partial charge in [0.2, 0.25) is 0 Å². The molecule has 8 nitrogen and oxygen atoms in total. The first-order valence-corrected chi connectivity index (χ1v) is 9.21. The van der Waals surface area contributed by atoms with Crippen LogP contribution in [0.4, 0.5) is 4.79 Å². The minimum atomic E-state index is -0.916. The Morgan fingerprint density at radius 2 is 2.00 bits per heavy atom. The number of hydrogen-bond donors (Lipinski definition) is 2. The molecule has 9 heteroatoms. The van der Waals surface area contributed by atoms with Gasteiger partial charge in [-0.2, -0.15) is 0 Å². The molecule has 2 N–H and O–H groups in total. The average Bonchev–Trinajstić information content (AvgIpc) is 2.93. The maximum atomic E-state index is 12.9. The zero-order valence-corrected chi connectivity index (χ0v) is 16.0. The number of carbonyl (C=O) groups excluding carboxylic acids is 3. The number of nitrogens with zero attached hydrogens (tertiary/aromatic N) is 1. The Morgan fingerprint density at radius 3 is 2.56 bits per heavy atom. The van der Waals surface area contributed by atoms with Gasteiger partial charge in [0.25, 0.3) is 11.8 Å². The van der Waals surface area contributed by atoms with Crippen LogP contribution in [0, 0.1) is 0 Å². The molecular weight excluding hydrogens is 374 g/mol. The first-order valence-electron chi connectivity index (χ1n) is 8.83. The van der Waals surface area contributed by atoms with E-state index in [-0.39, 0.29) is 11.8 Å². The molecule has 2 heterocycles. The van der Waals surface area contributed by atoms with E-state index in [2.05, 4.69) is 10.6 Å². The number of hydrogen-bond acceptors (Lipinski definition) is 5. The SMILES string of the molecule is CCCOc1c(Cl)cc(C(=O)N2CCC3(CC2)NC(=O)NC3=O)cc1OC. The van der Waals surface area contributed by atoms with Gasteiger partial charge in [-0.15, -0.1) is 0 Å². The number of methoxy groups -OCH3 is 1. The standard InChI is InChI=1S/C18H22ClN3O5/c1-3-8-27-14-12(19)9-11(10-13(14)26-2)15(23)22-6-4-18(5-7-22)16(24)20-17(25)21-18/h9-10H,3-8H2,1-2H3,(H2,20,21,24,25). The summed E-state index contributed by atoms with van der Waals surface area (Å²) in [7, 11) is 1.49. The van der Waals surface area contributed by atoms with E-state index in [9.17, 15) is 14.4 Å². The van der Waals surface area contributed by atoms with Crippen molar-refractivity contribution < 1.29 is 23.9 Å². The molecule has 4 amide bonds. The molecule has 1 spiro atoms. The second-order valence-electron chi connectivity index (χ2n) is 6.62. The Balaban J connectivity index is 1.74. The molecule has 1 aromatic carbocycles. The molecule has 0 aromatic heterocycles. The Labute approximate surface area is 162 Å². The summed E-state index contributed by atoms with van der Waals surface area (Å²) < 4.78 is 10.9. The Kier molecular flexibility index (Phi) is 5.46. The summed E-state index contributed by atoms with van der Waals surface area (Å²) in [6, 6.07) is 2.68. The predicted octanol–water partition coefficient (Wildman–Crippen LogP) is 1.95. The molecule has 2 aliphatic rings. The van der Waals surface area contributed by atoms with Gasteiger partial charge in [-0.25, -0.2) is 4.79 Å². The summed E-state index contributed by atoms with van der Waals surface area (Å²) in [5.74, 6) is 0.272. The number of urea groups is 1. The molecule has 3 rings (SSSR count). The molecule has 0 atom stereocenters. The smallest absolute Gasteiger partial charge is 0.322 e. The van der Waals surface area contributed by atoms with Crippen LogP contribution in [-0.4, -0.2) is 55.1 Å². The van der Waals surface area contributed by atoms with Crippen LogP contribution in [0.3, 0.4) is 0 Å². The highest BCUT2D eigenvalue weighted by molar-refractivity contribution is 6.32. The van der Waals surface area contributed by atoms with E-state index in [1.54, 1.807) is 17.0 Å². The van der Waals surface area contributed by atoms with Crippen LogP contribution in [0.15, 0.2) is 12.1 Å². The molecule has 0 saturated carbocycles. The van der Waals surface area contributed by atoms with Crippen LogP contribution >= 0.6 is 11.6 Å². The van der Waals surface area contributed by atoms with Gasteiger partial charge in [-0.05, 0) is 31.4 Å². The average molecular weight is 396 g/mol. The number of rotatable bonds is 5. The van der Waals surface area contributed by atoms with E-state index in [0.29, 0.717) is 54.6 Å². The van der Waals surface area contributed by atoms with Crippen molar-refractivity contribution in [2.45, 2.75) is 31.7 Å². The molecule has 0 unspecified atom stereocenters. The van der Waals surface area contributed by atoms with Gasteiger partial charge < -0.3 is 19.7 Å². The number of amides is 4. The summed E-state index contributed by atoms with van der Waals surface area (Å²) in [6.07, 6.45) is 1.54. The van der Waals surface area contributed by atoms with Gasteiger partial charge in [-0.3, -0.25) is 14.9 Å². The van der Waals surface area contributed by atoms with Crippen molar-refractivity contribution in [1.82, 2.24) is 15.5 Å². The number of benzene rings is 1. The molecule has 27 heavy (non-hydrogen) atoms. The van der Waals surface area contributed by atoms with Gasteiger partial charge in [0.1, 0.15) is 5.54 Å². The zero-order valence-electron chi connectivity index (χ0n) is 15.3. The predicted molar refractivity (Wildman–Crippen MR) is 98.3 cm³/mol. The van der Waals surface area contributed by atoms with E-state index in [4.69, 9.17) is 21.1 Å². The largest absolute Gasteiger partial charge is 0.493 e. The molecule has 146 valence electrons. The van der Waals surface area contributed by atoms with E-state index < -0.39 is 11.6 Å².